The van der Waals surface area contributed by atoms with Gasteiger partial charge in [0.05, 0.1) is 38.1 Å². The molecule has 0 heterocycles. The summed E-state index contributed by atoms with van der Waals surface area (Å²) in [6.45, 7) is 6.10. The molecule has 0 radical (unpaired) electrons. The highest BCUT2D eigenvalue weighted by atomic mass is 16.5. The van der Waals surface area contributed by atoms with E-state index in [0.717, 1.165) is 12.2 Å². The highest BCUT2D eigenvalue weighted by Gasteiger charge is 2.06. The first-order chi connectivity index (χ1) is 8.89. The van der Waals surface area contributed by atoms with Crippen LogP contribution in [-0.4, -0.2) is 60.5 Å². The summed E-state index contributed by atoms with van der Waals surface area (Å²) in [6.07, 6.45) is 0.846. The SMILES string of the molecule is CC(O)COC(C)COC(C)CO.N=C=O.N=C=O. The molecule has 0 aromatic heterocycles. The number of rotatable bonds is 7. The summed E-state index contributed by atoms with van der Waals surface area (Å²) in [5.41, 5.74) is 0. The van der Waals surface area contributed by atoms with Gasteiger partial charge in [-0.05, 0) is 20.8 Å². The van der Waals surface area contributed by atoms with E-state index >= 15 is 0 Å². The molecule has 0 saturated carbocycles. The van der Waals surface area contributed by atoms with Gasteiger partial charge in [-0.25, -0.2) is 20.4 Å². The Balaban J connectivity index is -0.000000360. The summed E-state index contributed by atoms with van der Waals surface area (Å²) in [7, 11) is 0. The van der Waals surface area contributed by atoms with Crippen molar-refractivity contribution in [2.24, 2.45) is 0 Å². The summed E-state index contributed by atoms with van der Waals surface area (Å²) in [5, 5.41) is 28.4. The van der Waals surface area contributed by atoms with Gasteiger partial charge >= 0.3 is 0 Å². The lowest BCUT2D eigenvalue weighted by Crippen LogP contribution is -2.24. The van der Waals surface area contributed by atoms with Gasteiger partial charge in [-0.15, -0.1) is 0 Å². The fourth-order valence-corrected chi connectivity index (χ4v) is 0.704. The van der Waals surface area contributed by atoms with Crippen LogP contribution in [0.15, 0.2) is 0 Å². The van der Waals surface area contributed by atoms with Crippen LogP contribution >= 0.6 is 0 Å². The average molecular weight is 278 g/mol. The third-order valence-electron chi connectivity index (χ3n) is 1.49. The number of hydrogen-bond acceptors (Lipinski definition) is 8. The van der Waals surface area contributed by atoms with Crippen LogP contribution in [0.5, 0.6) is 0 Å². The second-order valence-corrected chi connectivity index (χ2v) is 3.52. The van der Waals surface area contributed by atoms with Crippen LogP contribution in [0.25, 0.3) is 0 Å². The Hall–Kier alpha value is -1.40. The van der Waals surface area contributed by atoms with Crippen LogP contribution in [0.1, 0.15) is 20.8 Å². The van der Waals surface area contributed by atoms with Crippen molar-refractivity contribution >= 4 is 12.2 Å². The summed E-state index contributed by atoms with van der Waals surface area (Å²) >= 11 is 0. The lowest BCUT2D eigenvalue weighted by Gasteiger charge is -2.16. The maximum atomic E-state index is 8.92. The number of hydrogen-bond donors (Lipinski definition) is 4. The van der Waals surface area contributed by atoms with Gasteiger partial charge < -0.3 is 19.7 Å². The van der Waals surface area contributed by atoms with Gasteiger partial charge in [0, 0.05) is 0 Å². The molecular weight excluding hydrogens is 256 g/mol. The van der Waals surface area contributed by atoms with Crippen molar-refractivity contribution in [3.05, 3.63) is 0 Å². The minimum absolute atomic E-state index is 0.0170. The van der Waals surface area contributed by atoms with Gasteiger partial charge in [0.2, 0.25) is 12.2 Å². The van der Waals surface area contributed by atoms with Crippen molar-refractivity contribution in [3.8, 4) is 0 Å². The molecule has 0 aliphatic rings. The zero-order valence-corrected chi connectivity index (χ0v) is 11.4. The quantitative estimate of drug-likeness (QED) is 0.380. The van der Waals surface area contributed by atoms with Gasteiger partial charge in [-0.3, -0.25) is 0 Å². The molecule has 19 heavy (non-hydrogen) atoms. The van der Waals surface area contributed by atoms with Gasteiger partial charge in [-0.2, -0.15) is 0 Å². The topological polar surface area (TPSA) is 141 Å². The summed E-state index contributed by atoms with van der Waals surface area (Å²) in [4.78, 5) is 16.7. The molecule has 8 heteroatoms. The Kier molecular flexibility index (Phi) is 22.7. The normalized spacial score (nSPS) is 13.3. The second-order valence-electron chi connectivity index (χ2n) is 3.52. The van der Waals surface area contributed by atoms with Crippen molar-refractivity contribution in [1.82, 2.24) is 0 Å². The second kappa shape index (κ2) is 19.0. The van der Waals surface area contributed by atoms with Crippen molar-refractivity contribution in [1.29, 1.82) is 10.8 Å². The average Bonchev–Trinajstić information content (AvgIpc) is 2.35. The predicted octanol–water partition coefficient (Wildman–Crippen LogP) is -0.0284. The van der Waals surface area contributed by atoms with E-state index in [0.29, 0.717) is 13.2 Å². The number of carbonyl (C=O) groups excluding carboxylic acids is 2. The molecule has 0 fully saturated rings. The molecule has 3 atom stereocenters. The molecule has 3 unspecified atom stereocenters. The van der Waals surface area contributed by atoms with Crippen LogP contribution in [0, 0.1) is 10.8 Å². The molecule has 0 aromatic carbocycles. The van der Waals surface area contributed by atoms with Gasteiger partial charge in [0.25, 0.3) is 0 Å². The first-order valence-corrected chi connectivity index (χ1v) is 5.49. The molecule has 0 spiro atoms. The van der Waals surface area contributed by atoms with Crippen LogP contribution < -0.4 is 0 Å². The van der Waals surface area contributed by atoms with Crippen molar-refractivity contribution in [2.45, 2.75) is 39.1 Å². The van der Waals surface area contributed by atoms with E-state index < -0.39 is 6.10 Å². The van der Waals surface area contributed by atoms with Crippen LogP contribution in [-0.2, 0) is 19.1 Å². The van der Waals surface area contributed by atoms with E-state index in [-0.39, 0.29) is 18.8 Å². The van der Waals surface area contributed by atoms with E-state index in [1.165, 1.54) is 0 Å². The minimum atomic E-state index is -0.447. The van der Waals surface area contributed by atoms with E-state index in [9.17, 15) is 0 Å². The Labute approximate surface area is 112 Å². The number of ether oxygens (including phenoxy) is 2. The molecule has 112 valence electrons. The standard InChI is InChI=1S/C9H20O4.2CHNO/c1-7(11)5-12-9(3)6-13-8(2)4-10;2*2-1-3/h7-11H,4-6H2,1-3H3;2*2H. The molecule has 8 nitrogen and oxygen atoms in total. The lowest BCUT2D eigenvalue weighted by molar-refractivity contribution is -0.0620. The predicted molar refractivity (Wildman–Crippen MR) is 66.4 cm³/mol. The van der Waals surface area contributed by atoms with Crippen LogP contribution in [0.4, 0.5) is 0 Å². The fourth-order valence-electron chi connectivity index (χ4n) is 0.704. The third-order valence-corrected chi connectivity index (χ3v) is 1.49. The third kappa shape index (κ3) is 31.5. The van der Waals surface area contributed by atoms with Crippen LogP contribution in [0.2, 0.25) is 0 Å². The van der Waals surface area contributed by atoms with Crippen LogP contribution in [0.3, 0.4) is 0 Å². The number of nitrogens with one attached hydrogen (secondary N) is 2. The Morgan fingerprint density at radius 3 is 1.68 bits per heavy atom. The molecule has 0 saturated heterocycles. The zero-order valence-electron chi connectivity index (χ0n) is 11.4. The van der Waals surface area contributed by atoms with Crippen molar-refractivity contribution in [3.63, 3.8) is 0 Å². The van der Waals surface area contributed by atoms with E-state index in [4.69, 9.17) is 40.1 Å². The Bertz CT molecular complexity index is 236. The maximum Gasteiger partial charge on any atom is 0.231 e. The van der Waals surface area contributed by atoms with Gasteiger partial charge in [-0.1, -0.05) is 0 Å². The summed E-state index contributed by atoms with van der Waals surface area (Å²) in [6, 6.07) is 0. The molecule has 0 aliphatic carbocycles. The lowest BCUT2D eigenvalue weighted by atomic mass is 10.4. The van der Waals surface area contributed by atoms with E-state index in [1.54, 1.807) is 13.8 Å². The Morgan fingerprint density at radius 1 is 1.00 bits per heavy atom. The monoisotopic (exact) mass is 278 g/mol. The van der Waals surface area contributed by atoms with Gasteiger partial charge in [0.15, 0.2) is 0 Å². The highest BCUT2D eigenvalue weighted by Crippen LogP contribution is 1.97. The number of aliphatic hydroxyl groups is 2. The van der Waals surface area contributed by atoms with Crippen molar-refractivity contribution in [2.75, 3.05) is 19.8 Å². The van der Waals surface area contributed by atoms with Gasteiger partial charge in [0.1, 0.15) is 0 Å². The maximum absolute atomic E-state index is 8.92. The zero-order chi connectivity index (χ0) is 15.7. The smallest absolute Gasteiger partial charge is 0.231 e. The molecule has 0 aromatic rings. The number of aliphatic hydroxyl groups excluding tert-OH is 2. The van der Waals surface area contributed by atoms with Crippen molar-refractivity contribution < 1.29 is 29.3 Å². The molecular formula is C11H22N2O6. The molecule has 0 bridgehead atoms. The molecule has 0 amide bonds. The largest absolute Gasteiger partial charge is 0.394 e. The van der Waals surface area contributed by atoms with E-state index in [1.807, 2.05) is 6.92 Å². The Morgan fingerprint density at radius 2 is 1.37 bits per heavy atom. The molecule has 4 N–H and O–H groups in total. The first kappa shape index (κ1) is 22.8. The minimum Gasteiger partial charge on any atom is -0.394 e. The highest BCUT2D eigenvalue weighted by molar-refractivity contribution is 5.26. The summed E-state index contributed by atoms with van der Waals surface area (Å²) in [5.74, 6) is 0. The summed E-state index contributed by atoms with van der Waals surface area (Å²) < 4.78 is 10.5. The van der Waals surface area contributed by atoms with E-state index in [2.05, 4.69) is 0 Å². The molecule has 0 rings (SSSR count). The fraction of sp³-hybridized carbons (Fsp3) is 0.818. The molecule has 0 aliphatic heterocycles. The first-order valence-electron chi connectivity index (χ1n) is 5.49. The number of isocyanates is 2.